The van der Waals surface area contributed by atoms with E-state index in [0.717, 1.165) is 72.4 Å². The molecule has 1 saturated heterocycles. The molecule has 0 amide bonds. The normalized spacial score (nSPS) is 13.4. The third-order valence-corrected chi connectivity index (χ3v) is 7.29. The summed E-state index contributed by atoms with van der Waals surface area (Å²) in [6.45, 7) is 6.83. The van der Waals surface area contributed by atoms with Gasteiger partial charge in [0.05, 0.1) is 19.8 Å². The van der Waals surface area contributed by atoms with Crippen LogP contribution in [0, 0.1) is 18.8 Å². The molecule has 1 fully saturated rings. The highest BCUT2D eigenvalue weighted by Crippen LogP contribution is 2.29. The van der Waals surface area contributed by atoms with Crippen LogP contribution in [-0.4, -0.2) is 62.0 Å². The second-order valence-corrected chi connectivity index (χ2v) is 10.4. The van der Waals surface area contributed by atoms with Crippen LogP contribution < -0.4 is 9.47 Å². The van der Waals surface area contributed by atoms with Crippen LogP contribution in [0.1, 0.15) is 28.7 Å². The standard InChI is InChI=1S/C32H35NO5S/c1-25-19-30(11-12-31(25)38-23-32(34)35)39-24-28-20-27(10-5-9-26-7-3-2-4-8-26)21-29(22-28)37-16-6-13-33-14-17-36-18-15-33/h2-4,7-8,11-12,19-22H,6,9,13-18,23-24H2,1H3,(H,34,35). The van der Waals surface area contributed by atoms with Crippen LogP contribution in [0.4, 0.5) is 0 Å². The third kappa shape index (κ3) is 9.99. The van der Waals surface area contributed by atoms with Gasteiger partial charge in [0.25, 0.3) is 0 Å². The Morgan fingerprint density at radius 3 is 2.62 bits per heavy atom. The number of thioether (sulfide) groups is 1. The van der Waals surface area contributed by atoms with E-state index in [2.05, 4.69) is 41.0 Å². The fourth-order valence-corrected chi connectivity index (χ4v) is 5.15. The molecule has 0 aromatic heterocycles. The van der Waals surface area contributed by atoms with Crippen molar-refractivity contribution in [3.8, 4) is 23.3 Å². The zero-order valence-corrected chi connectivity index (χ0v) is 23.2. The summed E-state index contributed by atoms with van der Waals surface area (Å²) in [4.78, 5) is 14.3. The Labute approximate surface area is 235 Å². The molecule has 0 bridgehead atoms. The van der Waals surface area contributed by atoms with E-state index in [9.17, 15) is 4.79 Å². The van der Waals surface area contributed by atoms with E-state index < -0.39 is 5.97 Å². The lowest BCUT2D eigenvalue weighted by atomic mass is 10.1. The Bertz CT molecular complexity index is 1280. The zero-order chi connectivity index (χ0) is 27.3. The van der Waals surface area contributed by atoms with Gasteiger partial charge in [-0.3, -0.25) is 4.90 Å². The van der Waals surface area contributed by atoms with Gasteiger partial charge in [0.2, 0.25) is 0 Å². The highest BCUT2D eigenvalue weighted by atomic mass is 32.2. The van der Waals surface area contributed by atoms with Crippen molar-refractivity contribution in [1.82, 2.24) is 4.90 Å². The lowest BCUT2D eigenvalue weighted by molar-refractivity contribution is -0.139. The number of hydrogen-bond donors (Lipinski definition) is 1. The Kier molecular flexibility index (Phi) is 11.2. The first-order valence-corrected chi connectivity index (χ1v) is 14.2. The second kappa shape index (κ2) is 15.2. The van der Waals surface area contributed by atoms with Crippen molar-refractivity contribution in [2.45, 2.75) is 30.4 Å². The van der Waals surface area contributed by atoms with E-state index in [4.69, 9.17) is 19.3 Å². The van der Waals surface area contributed by atoms with Crippen LogP contribution in [0.5, 0.6) is 11.5 Å². The molecule has 0 spiro atoms. The molecule has 0 aliphatic carbocycles. The first-order chi connectivity index (χ1) is 19.0. The van der Waals surface area contributed by atoms with Crippen LogP contribution in [-0.2, 0) is 21.7 Å². The number of ether oxygens (including phenoxy) is 3. The third-order valence-electron chi connectivity index (χ3n) is 6.23. The summed E-state index contributed by atoms with van der Waals surface area (Å²) in [5.41, 5.74) is 4.19. The molecule has 0 saturated carbocycles. The Balaban J connectivity index is 1.40. The van der Waals surface area contributed by atoms with Crippen molar-refractivity contribution >= 4 is 17.7 Å². The molecule has 0 unspecified atom stereocenters. The van der Waals surface area contributed by atoms with Gasteiger partial charge in [-0.1, -0.05) is 42.2 Å². The first-order valence-electron chi connectivity index (χ1n) is 13.2. The number of benzene rings is 3. The van der Waals surface area contributed by atoms with E-state index in [1.54, 1.807) is 11.8 Å². The molecular weight excluding hydrogens is 510 g/mol. The van der Waals surface area contributed by atoms with E-state index in [-0.39, 0.29) is 6.61 Å². The predicted molar refractivity (Wildman–Crippen MR) is 155 cm³/mol. The maximum Gasteiger partial charge on any atom is 0.341 e. The molecule has 1 N–H and O–H groups in total. The van der Waals surface area contributed by atoms with Gasteiger partial charge in [-0.05, 0) is 66.4 Å². The molecule has 4 rings (SSSR count). The largest absolute Gasteiger partial charge is 0.493 e. The number of aryl methyl sites for hydroxylation is 1. The number of carboxylic acids is 1. The number of carboxylic acid groups (broad SMARTS) is 1. The number of rotatable bonds is 12. The van der Waals surface area contributed by atoms with Gasteiger partial charge in [-0.2, -0.15) is 0 Å². The van der Waals surface area contributed by atoms with Gasteiger partial charge in [0.15, 0.2) is 6.61 Å². The average Bonchev–Trinajstić information content (AvgIpc) is 2.95. The molecule has 0 atom stereocenters. The Morgan fingerprint density at radius 1 is 1.03 bits per heavy atom. The molecular formula is C32H35NO5S. The molecule has 1 aliphatic rings. The van der Waals surface area contributed by atoms with Gasteiger partial charge in [0.1, 0.15) is 11.5 Å². The van der Waals surface area contributed by atoms with Crippen molar-refractivity contribution in [1.29, 1.82) is 0 Å². The van der Waals surface area contributed by atoms with E-state index in [0.29, 0.717) is 18.8 Å². The fourth-order valence-electron chi connectivity index (χ4n) is 4.23. The summed E-state index contributed by atoms with van der Waals surface area (Å²) < 4.78 is 17.0. The van der Waals surface area contributed by atoms with Gasteiger partial charge < -0.3 is 19.3 Å². The number of hydrogen-bond acceptors (Lipinski definition) is 6. The van der Waals surface area contributed by atoms with Crippen LogP contribution in [0.2, 0.25) is 0 Å². The van der Waals surface area contributed by atoms with Crippen molar-refractivity contribution in [2.24, 2.45) is 0 Å². The number of morpholine rings is 1. The van der Waals surface area contributed by atoms with Gasteiger partial charge in [-0.15, -0.1) is 11.8 Å². The molecule has 39 heavy (non-hydrogen) atoms. The van der Waals surface area contributed by atoms with E-state index in [1.807, 2.05) is 49.4 Å². The average molecular weight is 546 g/mol. The number of carbonyl (C=O) groups is 1. The zero-order valence-electron chi connectivity index (χ0n) is 22.4. The minimum absolute atomic E-state index is 0.347. The summed E-state index contributed by atoms with van der Waals surface area (Å²) in [6.07, 6.45) is 1.66. The van der Waals surface area contributed by atoms with Crippen LogP contribution in [0.15, 0.2) is 71.6 Å². The summed E-state index contributed by atoms with van der Waals surface area (Å²) in [6, 6.07) is 22.3. The SMILES string of the molecule is Cc1cc(SCc2cc(C#CCc3ccccc3)cc(OCCCN3CCOCC3)c2)ccc1OCC(=O)O. The van der Waals surface area contributed by atoms with Crippen molar-refractivity contribution in [3.63, 3.8) is 0 Å². The minimum atomic E-state index is -0.987. The summed E-state index contributed by atoms with van der Waals surface area (Å²) in [7, 11) is 0. The molecule has 1 aliphatic heterocycles. The van der Waals surface area contributed by atoms with Gasteiger partial charge in [-0.25, -0.2) is 4.79 Å². The topological polar surface area (TPSA) is 68.2 Å². The number of aliphatic carboxylic acids is 1. The summed E-state index contributed by atoms with van der Waals surface area (Å²) in [5.74, 6) is 7.83. The lowest BCUT2D eigenvalue weighted by Crippen LogP contribution is -2.37. The minimum Gasteiger partial charge on any atom is -0.493 e. The molecule has 7 heteroatoms. The maximum absolute atomic E-state index is 10.8. The second-order valence-electron chi connectivity index (χ2n) is 9.38. The smallest absolute Gasteiger partial charge is 0.341 e. The van der Waals surface area contributed by atoms with E-state index in [1.165, 1.54) is 5.56 Å². The van der Waals surface area contributed by atoms with E-state index >= 15 is 0 Å². The quantitative estimate of drug-likeness (QED) is 0.185. The fraction of sp³-hybridized carbons (Fsp3) is 0.344. The molecule has 1 heterocycles. The van der Waals surface area contributed by atoms with Gasteiger partial charge in [0, 0.05) is 42.3 Å². The summed E-state index contributed by atoms with van der Waals surface area (Å²) in [5, 5.41) is 8.86. The molecule has 6 nitrogen and oxygen atoms in total. The van der Waals surface area contributed by atoms with Crippen molar-refractivity contribution in [3.05, 3.63) is 89.0 Å². The van der Waals surface area contributed by atoms with Crippen LogP contribution in [0.25, 0.3) is 0 Å². The maximum atomic E-state index is 10.8. The Hall–Kier alpha value is -3.44. The first kappa shape index (κ1) is 28.6. The predicted octanol–water partition coefficient (Wildman–Crippen LogP) is 5.45. The Morgan fingerprint density at radius 2 is 1.85 bits per heavy atom. The molecule has 3 aromatic rings. The lowest BCUT2D eigenvalue weighted by Gasteiger charge is -2.26. The van der Waals surface area contributed by atoms with Crippen molar-refractivity contribution < 1.29 is 24.1 Å². The highest BCUT2D eigenvalue weighted by Gasteiger charge is 2.10. The van der Waals surface area contributed by atoms with Crippen molar-refractivity contribution in [2.75, 3.05) is 46.1 Å². The summed E-state index contributed by atoms with van der Waals surface area (Å²) >= 11 is 1.71. The molecule has 204 valence electrons. The van der Waals surface area contributed by atoms with Crippen LogP contribution in [0.3, 0.4) is 0 Å². The number of nitrogens with zero attached hydrogens (tertiary/aromatic N) is 1. The monoisotopic (exact) mass is 545 g/mol. The van der Waals surface area contributed by atoms with Crippen LogP contribution >= 0.6 is 11.8 Å². The molecule has 0 radical (unpaired) electrons. The van der Waals surface area contributed by atoms with Gasteiger partial charge >= 0.3 is 5.97 Å². The highest BCUT2D eigenvalue weighted by molar-refractivity contribution is 7.98. The molecule has 3 aromatic carbocycles.